The first kappa shape index (κ1) is 20.9. The highest BCUT2D eigenvalue weighted by molar-refractivity contribution is 8.26. The van der Waals surface area contributed by atoms with Gasteiger partial charge in [-0.1, -0.05) is 59.9 Å². The molecule has 3 heterocycles. The first-order valence-corrected chi connectivity index (χ1v) is 12.0. The Kier molecular flexibility index (Phi) is 6.43. The number of aromatic nitrogens is 1. The molecule has 5 nitrogen and oxygen atoms in total. The van der Waals surface area contributed by atoms with Crippen molar-refractivity contribution in [2.45, 2.75) is 13.3 Å². The molecule has 0 radical (unpaired) electrons. The van der Waals surface area contributed by atoms with Crippen molar-refractivity contribution in [2.24, 2.45) is 0 Å². The van der Waals surface area contributed by atoms with Crippen LogP contribution < -0.4 is 5.32 Å². The van der Waals surface area contributed by atoms with Crippen LogP contribution in [0, 0.1) is 6.92 Å². The van der Waals surface area contributed by atoms with E-state index in [-0.39, 0.29) is 18.4 Å². The third-order valence-electron chi connectivity index (χ3n) is 4.29. The predicted molar refractivity (Wildman–Crippen MR) is 129 cm³/mol. The van der Waals surface area contributed by atoms with E-state index in [4.69, 9.17) is 12.2 Å². The highest BCUT2D eigenvalue weighted by atomic mass is 32.2. The minimum absolute atomic E-state index is 0.126. The van der Waals surface area contributed by atoms with Crippen LogP contribution in [0.4, 0.5) is 5.13 Å². The predicted octanol–water partition coefficient (Wildman–Crippen LogP) is 4.94. The van der Waals surface area contributed by atoms with Gasteiger partial charge in [0.15, 0.2) is 5.13 Å². The van der Waals surface area contributed by atoms with E-state index in [0.29, 0.717) is 14.4 Å². The summed E-state index contributed by atoms with van der Waals surface area (Å²) in [5.74, 6) is -0.562. The van der Waals surface area contributed by atoms with Gasteiger partial charge in [0, 0.05) is 22.4 Å². The second-order valence-corrected chi connectivity index (χ2v) is 10.4. The van der Waals surface area contributed by atoms with E-state index >= 15 is 0 Å². The minimum atomic E-state index is -0.320. The first-order chi connectivity index (χ1) is 14.5. The molecule has 4 rings (SSSR count). The molecule has 1 N–H and O–H groups in total. The number of carbonyl (C=O) groups excluding carboxylic acids is 2. The number of thiophene rings is 1. The van der Waals surface area contributed by atoms with Crippen LogP contribution in [0.5, 0.6) is 0 Å². The van der Waals surface area contributed by atoms with Crippen LogP contribution in [0.3, 0.4) is 0 Å². The molecule has 0 unspecified atom stereocenters. The maximum absolute atomic E-state index is 12.6. The number of carbonyl (C=O) groups is 2. The largest absolute Gasteiger partial charge is 0.300 e. The molecule has 1 saturated heterocycles. The number of anilines is 1. The lowest BCUT2D eigenvalue weighted by atomic mass is 10.1. The maximum atomic E-state index is 12.6. The van der Waals surface area contributed by atoms with Crippen molar-refractivity contribution in [3.05, 3.63) is 73.8 Å². The summed E-state index contributed by atoms with van der Waals surface area (Å²) >= 11 is 9.49. The van der Waals surface area contributed by atoms with Gasteiger partial charge in [0.05, 0.1) is 4.91 Å². The average molecular weight is 472 g/mol. The average Bonchev–Trinajstić information content (AvgIpc) is 3.43. The molecule has 2 aromatic heterocycles. The molecule has 0 bridgehead atoms. The smallest absolute Gasteiger partial charge is 0.266 e. The van der Waals surface area contributed by atoms with Gasteiger partial charge in [-0.3, -0.25) is 14.5 Å². The Morgan fingerprint density at radius 3 is 2.80 bits per heavy atom. The number of hydrogen-bond acceptors (Lipinski definition) is 7. The van der Waals surface area contributed by atoms with Gasteiger partial charge in [-0.15, -0.1) is 22.7 Å². The van der Waals surface area contributed by atoms with Gasteiger partial charge in [0.25, 0.3) is 5.91 Å². The molecule has 30 heavy (non-hydrogen) atoms. The van der Waals surface area contributed by atoms with Gasteiger partial charge in [0.1, 0.15) is 10.9 Å². The monoisotopic (exact) mass is 471 g/mol. The van der Waals surface area contributed by atoms with Crippen LogP contribution in [-0.4, -0.2) is 32.6 Å². The summed E-state index contributed by atoms with van der Waals surface area (Å²) in [6.45, 7) is 1.93. The van der Waals surface area contributed by atoms with Crippen LogP contribution in [0.25, 0.3) is 6.08 Å². The lowest BCUT2D eigenvalue weighted by Gasteiger charge is -2.13. The van der Waals surface area contributed by atoms with Crippen molar-refractivity contribution < 1.29 is 9.59 Å². The third kappa shape index (κ3) is 5.04. The zero-order chi connectivity index (χ0) is 21.1. The number of amides is 2. The van der Waals surface area contributed by atoms with E-state index in [1.165, 1.54) is 39.1 Å². The molecule has 0 aliphatic carbocycles. The van der Waals surface area contributed by atoms with Crippen molar-refractivity contribution >= 4 is 74.0 Å². The fraction of sp³-hybridized carbons (Fsp3) is 0.143. The van der Waals surface area contributed by atoms with E-state index < -0.39 is 0 Å². The number of nitrogens with one attached hydrogen (secondary N) is 1. The Balaban J connectivity index is 1.35. The van der Waals surface area contributed by atoms with E-state index in [2.05, 4.69) is 41.5 Å². The van der Waals surface area contributed by atoms with Gasteiger partial charge >= 0.3 is 0 Å². The van der Waals surface area contributed by atoms with Crippen molar-refractivity contribution in [2.75, 3.05) is 11.9 Å². The Morgan fingerprint density at radius 1 is 1.27 bits per heavy atom. The number of rotatable bonds is 6. The summed E-state index contributed by atoms with van der Waals surface area (Å²) in [4.78, 5) is 33.3. The number of benzene rings is 1. The third-order valence-corrected chi connectivity index (χ3v) is 7.40. The Labute approximate surface area is 191 Å². The second-order valence-electron chi connectivity index (χ2n) is 6.63. The summed E-state index contributed by atoms with van der Waals surface area (Å²) in [5, 5.41) is 5.23. The first-order valence-electron chi connectivity index (χ1n) is 9.07. The SMILES string of the molecule is Cc1ccc(Cc2cnc(NC(=O)CN3C(=O)C(=Cc4cccs4)SC3=S)s2)cc1. The molecule has 2 amide bonds. The van der Waals surface area contributed by atoms with Crippen molar-refractivity contribution in [3.63, 3.8) is 0 Å². The van der Waals surface area contributed by atoms with Crippen LogP contribution in [0.1, 0.15) is 20.9 Å². The second kappa shape index (κ2) is 9.22. The Hall–Kier alpha value is -2.33. The molecular weight excluding hydrogens is 455 g/mol. The molecule has 152 valence electrons. The molecule has 1 aliphatic rings. The van der Waals surface area contributed by atoms with Gasteiger partial charge in [0.2, 0.25) is 5.91 Å². The fourth-order valence-electron chi connectivity index (χ4n) is 2.80. The zero-order valence-electron chi connectivity index (χ0n) is 16.0. The van der Waals surface area contributed by atoms with E-state index in [1.54, 1.807) is 23.6 Å². The number of thioether (sulfide) groups is 1. The standard InChI is InChI=1S/C21H17N3O2S4/c1-13-4-6-14(7-5-13)9-16-11-22-20(29-16)23-18(25)12-24-19(26)17(30-21(24)27)10-15-3-2-8-28-15/h2-8,10-11H,9,12H2,1H3,(H,22,23,25). The number of nitrogens with zero attached hydrogens (tertiary/aromatic N) is 2. The summed E-state index contributed by atoms with van der Waals surface area (Å²) in [5.41, 5.74) is 2.41. The van der Waals surface area contributed by atoms with Crippen LogP contribution in [-0.2, 0) is 16.0 Å². The highest BCUT2D eigenvalue weighted by Gasteiger charge is 2.33. The number of thiocarbonyl (C=S) groups is 1. The van der Waals surface area contributed by atoms with Crippen LogP contribution in [0.15, 0.2) is 52.9 Å². The van der Waals surface area contributed by atoms with Gasteiger partial charge < -0.3 is 5.32 Å². The Morgan fingerprint density at radius 2 is 2.07 bits per heavy atom. The molecule has 0 saturated carbocycles. The van der Waals surface area contributed by atoms with E-state index in [1.807, 2.05) is 17.5 Å². The van der Waals surface area contributed by atoms with Gasteiger partial charge in [-0.25, -0.2) is 4.98 Å². The molecule has 1 aromatic carbocycles. The van der Waals surface area contributed by atoms with Crippen LogP contribution >= 0.6 is 46.7 Å². The molecule has 9 heteroatoms. The quantitative estimate of drug-likeness (QED) is 0.407. The molecule has 3 aromatic rings. The van der Waals surface area contributed by atoms with Gasteiger partial charge in [-0.05, 0) is 30.0 Å². The molecule has 1 aliphatic heterocycles. The Bertz CT molecular complexity index is 1120. The van der Waals surface area contributed by atoms with Crippen molar-refractivity contribution in [3.8, 4) is 0 Å². The lowest BCUT2D eigenvalue weighted by Crippen LogP contribution is -2.36. The summed E-state index contributed by atoms with van der Waals surface area (Å²) < 4.78 is 0.386. The molecule has 0 atom stereocenters. The topological polar surface area (TPSA) is 62.3 Å². The summed E-state index contributed by atoms with van der Waals surface area (Å²) in [6, 6.07) is 12.2. The van der Waals surface area contributed by atoms with E-state index in [0.717, 1.165) is 16.2 Å². The van der Waals surface area contributed by atoms with Crippen LogP contribution in [0.2, 0.25) is 0 Å². The molecule has 1 fully saturated rings. The molecular formula is C21H17N3O2S4. The lowest BCUT2D eigenvalue weighted by molar-refractivity contribution is -0.126. The minimum Gasteiger partial charge on any atom is -0.300 e. The maximum Gasteiger partial charge on any atom is 0.266 e. The van der Waals surface area contributed by atoms with Crippen molar-refractivity contribution in [1.82, 2.24) is 9.88 Å². The zero-order valence-corrected chi connectivity index (χ0v) is 19.2. The summed E-state index contributed by atoms with van der Waals surface area (Å²) in [6.07, 6.45) is 4.33. The summed E-state index contributed by atoms with van der Waals surface area (Å²) in [7, 11) is 0. The molecule has 0 spiro atoms. The number of aryl methyl sites for hydroxylation is 1. The van der Waals surface area contributed by atoms with E-state index in [9.17, 15) is 9.59 Å². The highest BCUT2D eigenvalue weighted by Crippen LogP contribution is 2.33. The fourth-order valence-corrected chi connectivity index (χ4v) is 5.64. The van der Waals surface area contributed by atoms with Crippen molar-refractivity contribution in [1.29, 1.82) is 0 Å². The van der Waals surface area contributed by atoms with Gasteiger partial charge in [-0.2, -0.15) is 0 Å². The number of hydrogen-bond donors (Lipinski definition) is 1. The number of thiazole rings is 1. The normalized spacial score (nSPS) is 15.2.